The highest BCUT2D eigenvalue weighted by Crippen LogP contribution is 2.22. The highest BCUT2D eigenvalue weighted by Gasteiger charge is 2.20. The van der Waals surface area contributed by atoms with Crippen molar-refractivity contribution in [2.45, 2.75) is 37.3 Å². The molecule has 1 atom stereocenters. The second-order valence-corrected chi connectivity index (χ2v) is 10.9. The van der Waals surface area contributed by atoms with E-state index in [9.17, 15) is 8.42 Å². The molecule has 26 heavy (non-hydrogen) atoms. The number of hydrogen-bond acceptors (Lipinski definition) is 4. The Bertz CT molecular complexity index is 650. The van der Waals surface area contributed by atoms with Gasteiger partial charge in [-0.2, -0.15) is 0 Å². The molecule has 0 spiro atoms. The van der Waals surface area contributed by atoms with Gasteiger partial charge in [0.25, 0.3) is 0 Å². The van der Waals surface area contributed by atoms with Crippen molar-refractivity contribution in [3.8, 4) is 0 Å². The first kappa shape index (κ1) is 25.5. The minimum Gasteiger partial charge on any atom is -0.356 e. The smallest absolute Gasteiger partial charge is 0.191 e. The molecule has 2 N–H and O–H groups in total. The molecule has 1 aromatic rings. The summed E-state index contributed by atoms with van der Waals surface area (Å²) in [6.07, 6.45) is 1.90. The van der Waals surface area contributed by atoms with Crippen molar-refractivity contribution in [1.82, 2.24) is 10.6 Å². The van der Waals surface area contributed by atoms with Crippen LogP contribution in [-0.4, -0.2) is 51.8 Å². The van der Waals surface area contributed by atoms with E-state index in [0.29, 0.717) is 18.2 Å². The van der Waals surface area contributed by atoms with E-state index < -0.39 is 9.84 Å². The summed E-state index contributed by atoms with van der Waals surface area (Å²) in [6, 6.07) is 10.3. The Morgan fingerprint density at radius 1 is 1.23 bits per heavy atom. The Kier molecular flexibility index (Phi) is 11.8. The number of guanidine groups is 1. The highest BCUT2D eigenvalue weighted by atomic mass is 127. The molecule has 0 bridgehead atoms. The van der Waals surface area contributed by atoms with Gasteiger partial charge in [0, 0.05) is 36.5 Å². The van der Waals surface area contributed by atoms with Crippen LogP contribution in [0.2, 0.25) is 0 Å². The number of halogens is 1. The first-order valence-corrected chi connectivity index (χ1v) is 11.4. The summed E-state index contributed by atoms with van der Waals surface area (Å²) in [5.74, 6) is 0.950. The molecule has 1 unspecified atom stereocenters. The van der Waals surface area contributed by atoms with Crippen molar-refractivity contribution in [2.24, 2.45) is 10.4 Å². The average molecular weight is 514 g/mol. The number of sulfone groups is 1. The molecule has 1 rings (SSSR count). The first-order valence-electron chi connectivity index (χ1n) is 8.45. The third-order valence-corrected chi connectivity index (χ3v) is 5.80. The fourth-order valence-electron chi connectivity index (χ4n) is 2.11. The van der Waals surface area contributed by atoms with Gasteiger partial charge in [0.05, 0.1) is 5.75 Å². The van der Waals surface area contributed by atoms with Crippen LogP contribution in [0.3, 0.4) is 0 Å². The first-order chi connectivity index (χ1) is 11.6. The monoisotopic (exact) mass is 513 g/mol. The molecule has 0 fully saturated rings. The van der Waals surface area contributed by atoms with Crippen molar-refractivity contribution in [1.29, 1.82) is 0 Å². The maximum Gasteiger partial charge on any atom is 0.191 e. The molecule has 0 saturated heterocycles. The summed E-state index contributed by atoms with van der Waals surface area (Å²) >= 11 is 1.82. The minimum absolute atomic E-state index is 0. The van der Waals surface area contributed by atoms with Crippen LogP contribution in [0.25, 0.3) is 0 Å². The molecule has 0 radical (unpaired) electrons. The van der Waals surface area contributed by atoms with E-state index in [0.717, 1.165) is 12.5 Å². The lowest BCUT2D eigenvalue weighted by Gasteiger charge is -2.26. The number of rotatable bonds is 9. The summed E-state index contributed by atoms with van der Waals surface area (Å²) in [4.78, 5) is 5.50. The van der Waals surface area contributed by atoms with Crippen molar-refractivity contribution in [3.05, 3.63) is 30.3 Å². The zero-order chi connectivity index (χ0) is 18.9. The van der Waals surface area contributed by atoms with Crippen molar-refractivity contribution in [3.63, 3.8) is 0 Å². The lowest BCUT2D eigenvalue weighted by Crippen LogP contribution is -2.44. The van der Waals surface area contributed by atoms with Crippen LogP contribution in [-0.2, 0) is 9.84 Å². The predicted octanol–water partition coefficient (Wildman–Crippen LogP) is 3.41. The van der Waals surface area contributed by atoms with Gasteiger partial charge in [0.15, 0.2) is 5.96 Å². The van der Waals surface area contributed by atoms with Gasteiger partial charge in [0.1, 0.15) is 9.84 Å². The van der Waals surface area contributed by atoms with Crippen molar-refractivity contribution < 1.29 is 8.42 Å². The topological polar surface area (TPSA) is 70.6 Å². The van der Waals surface area contributed by atoms with E-state index in [1.807, 2.05) is 30.0 Å². The summed E-state index contributed by atoms with van der Waals surface area (Å²) < 4.78 is 22.7. The van der Waals surface area contributed by atoms with Gasteiger partial charge in [0.2, 0.25) is 0 Å². The van der Waals surface area contributed by atoms with E-state index >= 15 is 0 Å². The molecule has 0 amide bonds. The normalized spacial score (nSPS) is 13.7. The van der Waals surface area contributed by atoms with Crippen LogP contribution >= 0.6 is 35.7 Å². The fourth-order valence-corrected chi connectivity index (χ4v) is 3.98. The number of aliphatic imine (C=N–C) groups is 1. The van der Waals surface area contributed by atoms with Crippen molar-refractivity contribution in [2.75, 3.05) is 32.1 Å². The zero-order valence-electron chi connectivity index (χ0n) is 16.3. The third-order valence-electron chi connectivity index (χ3n) is 3.75. The Labute approximate surface area is 180 Å². The lowest BCUT2D eigenvalue weighted by atomic mass is 9.90. The van der Waals surface area contributed by atoms with Crippen molar-refractivity contribution >= 4 is 51.5 Å². The molecule has 0 heterocycles. The Morgan fingerprint density at radius 2 is 1.85 bits per heavy atom. The highest BCUT2D eigenvalue weighted by molar-refractivity contribution is 14.0. The second-order valence-electron chi connectivity index (χ2n) is 7.09. The number of nitrogens with one attached hydrogen (secondary N) is 2. The Balaban J connectivity index is 0.00000625. The van der Waals surface area contributed by atoms with E-state index in [4.69, 9.17) is 0 Å². The van der Waals surface area contributed by atoms with Crippen LogP contribution in [0.1, 0.15) is 27.2 Å². The quantitative estimate of drug-likeness (QED) is 0.229. The van der Waals surface area contributed by atoms with Gasteiger partial charge in [-0.25, -0.2) is 8.42 Å². The van der Waals surface area contributed by atoms with Gasteiger partial charge in [-0.15, -0.1) is 35.7 Å². The molecule has 0 aromatic heterocycles. The molecule has 150 valence electrons. The SMILES string of the molecule is CN=C(NCC(C)Sc1ccccc1)NCC(C)(C)CCS(C)(=O)=O.I. The molecule has 0 saturated carbocycles. The van der Waals surface area contributed by atoms with Crippen LogP contribution in [0.4, 0.5) is 0 Å². The van der Waals surface area contributed by atoms with Crippen LogP contribution < -0.4 is 10.6 Å². The number of benzene rings is 1. The summed E-state index contributed by atoms with van der Waals surface area (Å²) in [6.45, 7) is 7.76. The van der Waals surface area contributed by atoms with Crippen LogP contribution in [0, 0.1) is 5.41 Å². The Morgan fingerprint density at radius 3 is 2.38 bits per heavy atom. The van der Waals surface area contributed by atoms with Crippen LogP contribution in [0.5, 0.6) is 0 Å². The largest absolute Gasteiger partial charge is 0.356 e. The summed E-state index contributed by atoms with van der Waals surface area (Å²) in [7, 11) is -1.19. The lowest BCUT2D eigenvalue weighted by molar-refractivity contribution is 0.348. The van der Waals surface area contributed by atoms with E-state index in [2.05, 4.69) is 48.5 Å². The molecular weight excluding hydrogens is 481 g/mol. The van der Waals surface area contributed by atoms with Gasteiger partial charge in [-0.1, -0.05) is 39.0 Å². The summed E-state index contributed by atoms with van der Waals surface area (Å²) in [5, 5.41) is 7.04. The standard InChI is InChI=1S/C18H31N3O2S2.HI/c1-15(24-16-9-7-6-8-10-16)13-20-17(19-4)21-14-18(2,3)11-12-25(5,22)23;/h6-10,15H,11-14H2,1-5H3,(H2,19,20,21);1H. The van der Waals surface area contributed by atoms with E-state index in [1.54, 1.807) is 7.05 Å². The van der Waals surface area contributed by atoms with Gasteiger partial charge in [-0.05, 0) is 24.0 Å². The number of nitrogens with zero attached hydrogens (tertiary/aromatic N) is 1. The molecule has 0 aliphatic rings. The predicted molar refractivity (Wildman–Crippen MR) is 125 cm³/mol. The van der Waals surface area contributed by atoms with Gasteiger partial charge < -0.3 is 10.6 Å². The molecule has 0 aliphatic heterocycles. The Hall–Kier alpha value is -0.480. The third kappa shape index (κ3) is 12.0. The zero-order valence-corrected chi connectivity index (χ0v) is 20.2. The van der Waals surface area contributed by atoms with Gasteiger partial charge in [-0.3, -0.25) is 4.99 Å². The number of thioether (sulfide) groups is 1. The second kappa shape index (κ2) is 12.1. The maximum atomic E-state index is 11.3. The molecular formula is C18H32IN3O2S2. The molecule has 5 nitrogen and oxygen atoms in total. The number of hydrogen-bond donors (Lipinski definition) is 2. The van der Waals surface area contributed by atoms with E-state index in [1.165, 1.54) is 11.2 Å². The summed E-state index contributed by atoms with van der Waals surface area (Å²) in [5.41, 5.74) is -0.120. The fraction of sp³-hybridized carbons (Fsp3) is 0.611. The minimum atomic E-state index is -2.93. The van der Waals surface area contributed by atoms with E-state index in [-0.39, 0.29) is 35.1 Å². The molecule has 8 heteroatoms. The molecule has 0 aliphatic carbocycles. The van der Waals surface area contributed by atoms with Crippen LogP contribution in [0.15, 0.2) is 40.2 Å². The molecule has 1 aromatic carbocycles. The average Bonchev–Trinajstić information content (AvgIpc) is 2.53. The maximum absolute atomic E-state index is 11.3. The van der Waals surface area contributed by atoms with Gasteiger partial charge >= 0.3 is 0 Å².